The monoisotopic (exact) mass is 397 g/mol. The summed E-state index contributed by atoms with van der Waals surface area (Å²) in [4.78, 5) is 19.2. The minimum absolute atomic E-state index is 0.0260. The number of hydrogen-bond donors (Lipinski definition) is 0. The summed E-state index contributed by atoms with van der Waals surface area (Å²) >= 11 is 0. The number of likely N-dealkylation sites (tertiary alicyclic amines) is 1. The molecule has 3 aliphatic rings. The van der Waals surface area contributed by atoms with Crippen LogP contribution in [-0.2, 0) is 26.8 Å². The fourth-order valence-corrected chi connectivity index (χ4v) is 6.72. The highest BCUT2D eigenvalue weighted by atomic mass is 32.2. The number of rotatable bonds is 4. The van der Waals surface area contributed by atoms with Crippen molar-refractivity contribution in [2.75, 3.05) is 19.6 Å². The van der Waals surface area contributed by atoms with Gasteiger partial charge in [-0.2, -0.15) is 4.31 Å². The number of sulfonamides is 1. The number of benzene rings is 1. The molecule has 1 saturated heterocycles. The second-order valence-corrected chi connectivity index (χ2v) is 9.94. The van der Waals surface area contributed by atoms with E-state index in [0.717, 1.165) is 24.0 Å². The van der Waals surface area contributed by atoms with Gasteiger partial charge in [0.15, 0.2) is 0 Å². The van der Waals surface area contributed by atoms with Crippen molar-refractivity contribution in [3.8, 4) is 0 Å². The van der Waals surface area contributed by atoms with Crippen molar-refractivity contribution in [3.63, 3.8) is 0 Å². The number of pyridine rings is 1. The molecular formula is C21H23N3O3S. The molecule has 2 fully saturated rings. The van der Waals surface area contributed by atoms with Gasteiger partial charge in [0.1, 0.15) is 0 Å². The number of aromatic nitrogens is 1. The van der Waals surface area contributed by atoms with Gasteiger partial charge in [0.25, 0.3) is 0 Å². The van der Waals surface area contributed by atoms with Crippen molar-refractivity contribution in [1.82, 2.24) is 14.2 Å². The van der Waals surface area contributed by atoms with E-state index in [0.29, 0.717) is 43.3 Å². The maximum absolute atomic E-state index is 13.3. The van der Waals surface area contributed by atoms with Crippen LogP contribution in [0.5, 0.6) is 0 Å². The highest BCUT2D eigenvalue weighted by Crippen LogP contribution is 2.51. The normalized spacial score (nSPS) is 25.9. The van der Waals surface area contributed by atoms with E-state index in [1.54, 1.807) is 28.8 Å². The topological polar surface area (TPSA) is 70.6 Å². The Morgan fingerprint density at radius 2 is 2.00 bits per heavy atom. The van der Waals surface area contributed by atoms with Crippen LogP contribution in [0.1, 0.15) is 30.4 Å². The Morgan fingerprint density at radius 3 is 2.75 bits per heavy atom. The van der Waals surface area contributed by atoms with Gasteiger partial charge in [0.05, 0.1) is 16.9 Å². The molecule has 1 aromatic heterocycles. The van der Waals surface area contributed by atoms with Gasteiger partial charge in [-0.3, -0.25) is 9.78 Å². The summed E-state index contributed by atoms with van der Waals surface area (Å²) in [5.41, 5.74) is 1.11. The lowest BCUT2D eigenvalue weighted by Crippen LogP contribution is -2.47. The van der Waals surface area contributed by atoms with E-state index >= 15 is 0 Å². The van der Waals surface area contributed by atoms with Crippen LogP contribution in [0, 0.1) is 5.92 Å². The Hall–Kier alpha value is -2.25. The number of carbonyl (C=O) groups excluding carboxylic acids is 1. The molecule has 7 heteroatoms. The Balaban J connectivity index is 1.47. The molecule has 1 aliphatic carbocycles. The van der Waals surface area contributed by atoms with Crippen molar-refractivity contribution in [2.24, 2.45) is 5.92 Å². The molecule has 1 amide bonds. The van der Waals surface area contributed by atoms with Crippen LogP contribution in [0.3, 0.4) is 0 Å². The van der Waals surface area contributed by atoms with Crippen LogP contribution < -0.4 is 0 Å². The standard InChI is InChI=1S/C21H23N3O3S/c25-20(12-17-4-3-10-22-13-17)23-11-9-21(15-23)18-5-1-2-6-19(18)28(26,27)24(21)14-16-7-8-16/h1-6,10,13,16H,7-9,11-12,14-15H2/t21-/m0/s1. The zero-order valence-corrected chi connectivity index (χ0v) is 16.4. The summed E-state index contributed by atoms with van der Waals surface area (Å²) in [6.45, 7) is 1.56. The summed E-state index contributed by atoms with van der Waals surface area (Å²) < 4.78 is 28.3. The third-order valence-corrected chi connectivity index (χ3v) is 8.22. The lowest BCUT2D eigenvalue weighted by Gasteiger charge is -2.34. The molecule has 28 heavy (non-hydrogen) atoms. The predicted molar refractivity (Wildman–Crippen MR) is 104 cm³/mol. The molecule has 0 unspecified atom stereocenters. The van der Waals surface area contributed by atoms with Crippen LogP contribution in [-0.4, -0.2) is 48.1 Å². The highest BCUT2D eigenvalue weighted by Gasteiger charge is 2.58. The maximum Gasteiger partial charge on any atom is 0.244 e. The number of carbonyl (C=O) groups is 1. The molecule has 5 rings (SSSR count). The fourth-order valence-electron chi connectivity index (χ4n) is 4.59. The van der Waals surface area contributed by atoms with E-state index in [4.69, 9.17) is 0 Å². The first-order valence-corrected chi connectivity index (χ1v) is 11.2. The summed E-state index contributed by atoms with van der Waals surface area (Å²) in [6, 6.07) is 11.0. The molecular weight excluding hydrogens is 374 g/mol. The molecule has 3 heterocycles. The zero-order valence-electron chi connectivity index (χ0n) is 15.6. The molecule has 1 atom stereocenters. The third-order valence-electron chi connectivity index (χ3n) is 6.23. The summed E-state index contributed by atoms with van der Waals surface area (Å²) in [7, 11) is -3.52. The Kier molecular flexibility index (Phi) is 4.07. The van der Waals surface area contributed by atoms with E-state index in [1.165, 1.54) is 0 Å². The van der Waals surface area contributed by atoms with Crippen molar-refractivity contribution in [2.45, 2.75) is 36.1 Å². The lowest BCUT2D eigenvalue weighted by molar-refractivity contribution is -0.129. The SMILES string of the molecule is O=C(Cc1cccnc1)N1CC[C@]2(C1)c1ccccc1S(=O)(=O)N2CC1CC1. The molecule has 0 N–H and O–H groups in total. The van der Waals surface area contributed by atoms with Crippen LogP contribution >= 0.6 is 0 Å². The van der Waals surface area contributed by atoms with Gasteiger partial charge in [-0.1, -0.05) is 24.3 Å². The number of hydrogen-bond acceptors (Lipinski definition) is 4. The highest BCUT2D eigenvalue weighted by molar-refractivity contribution is 7.89. The van der Waals surface area contributed by atoms with E-state index in [1.807, 2.05) is 29.2 Å². The van der Waals surface area contributed by atoms with Gasteiger partial charge in [-0.05, 0) is 48.4 Å². The van der Waals surface area contributed by atoms with Gasteiger partial charge in [-0.25, -0.2) is 8.42 Å². The van der Waals surface area contributed by atoms with Crippen molar-refractivity contribution < 1.29 is 13.2 Å². The average molecular weight is 398 g/mol. The summed E-state index contributed by atoms with van der Waals surface area (Å²) in [5, 5.41) is 0. The summed E-state index contributed by atoms with van der Waals surface area (Å²) in [5.74, 6) is 0.471. The van der Waals surface area contributed by atoms with Gasteiger partial charge >= 0.3 is 0 Å². The van der Waals surface area contributed by atoms with Crippen molar-refractivity contribution >= 4 is 15.9 Å². The van der Waals surface area contributed by atoms with E-state index in [9.17, 15) is 13.2 Å². The Morgan fingerprint density at radius 1 is 1.18 bits per heavy atom. The third kappa shape index (κ3) is 2.76. The van der Waals surface area contributed by atoms with Crippen LogP contribution in [0.2, 0.25) is 0 Å². The largest absolute Gasteiger partial charge is 0.340 e. The first kappa shape index (κ1) is 17.8. The molecule has 146 valence electrons. The van der Waals surface area contributed by atoms with Crippen LogP contribution in [0.15, 0.2) is 53.7 Å². The van der Waals surface area contributed by atoms with Gasteiger partial charge in [-0.15, -0.1) is 0 Å². The van der Waals surface area contributed by atoms with Crippen molar-refractivity contribution in [3.05, 3.63) is 59.9 Å². The van der Waals surface area contributed by atoms with Crippen molar-refractivity contribution in [1.29, 1.82) is 0 Å². The second kappa shape index (κ2) is 6.39. The Labute approximate surface area is 165 Å². The predicted octanol–water partition coefficient (Wildman–Crippen LogP) is 2.17. The van der Waals surface area contributed by atoms with E-state index in [-0.39, 0.29) is 5.91 Å². The lowest BCUT2D eigenvalue weighted by atomic mass is 9.88. The van der Waals surface area contributed by atoms with Gasteiger partial charge in [0.2, 0.25) is 15.9 Å². The smallest absolute Gasteiger partial charge is 0.244 e. The molecule has 1 spiro atoms. The second-order valence-electron chi connectivity index (χ2n) is 8.11. The molecule has 2 aliphatic heterocycles. The Bertz CT molecular complexity index is 1020. The maximum atomic E-state index is 13.3. The number of amides is 1. The molecule has 0 bridgehead atoms. The first-order valence-electron chi connectivity index (χ1n) is 9.80. The first-order chi connectivity index (χ1) is 13.5. The molecule has 2 aromatic rings. The van der Waals surface area contributed by atoms with E-state index < -0.39 is 15.6 Å². The fraction of sp³-hybridized carbons (Fsp3) is 0.429. The quantitative estimate of drug-likeness (QED) is 0.793. The minimum atomic E-state index is -3.52. The minimum Gasteiger partial charge on any atom is -0.340 e. The zero-order chi connectivity index (χ0) is 19.4. The van der Waals surface area contributed by atoms with Gasteiger partial charge < -0.3 is 4.90 Å². The molecule has 1 aromatic carbocycles. The number of nitrogens with zero attached hydrogens (tertiary/aromatic N) is 3. The average Bonchev–Trinajstić information content (AvgIpc) is 3.39. The van der Waals surface area contributed by atoms with E-state index in [2.05, 4.69) is 4.98 Å². The molecule has 1 saturated carbocycles. The molecule has 6 nitrogen and oxygen atoms in total. The van der Waals surface area contributed by atoms with Crippen LogP contribution in [0.25, 0.3) is 0 Å². The summed E-state index contributed by atoms with van der Waals surface area (Å²) in [6.07, 6.45) is 6.51. The number of fused-ring (bicyclic) bond motifs is 2. The van der Waals surface area contributed by atoms with Gasteiger partial charge in [0, 0.05) is 32.0 Å². The molecule has 0 radical (unpaired) electrons. The van der Waals surface area contributed by atoms with Crippen LogP contribution in [0.4, 0.5) is 0 Å².